The predicted octanol–water partition coefficient (Wildman–Crippen LogP) is 2.84. The molecule has 1 saturated heterocycles. The topological polar surface area (TPSA) is 128 Å². The highest BCUT2D eigenvalue weighted by atomic mass is 19.1. The van der Waals surface area contributed by atoms with E-state index in [1.807, 2.05) is 18.7 Å². The first-order valence-corrected chi connectivity index (χ1v) is 10.3. The van der Waals surface area contributed by atoms with Crippen LogP contribution in [0.2, 0.25) is 0 Å². The standard InChI is InChI=1S/C20H25F2N9O/c1-11-8-15(30-29-11)25-18-26-17(24-12(2)16-14(22)9-13(21)10-23-16)27-19(28-18)31-6-4-20(3,32)5-7-31/h8-10,12,32H,4-7H2,1-3H3,(H3,24,25,26,27,28,29,30). The summed E-state index contributed by atoms with van der Waals surface area (Å²) in [6.07, 6.45) is 2.11. The molecule has 3 aromatic heterocycles. The number of pyridine rings is 1. The quantitative estimate of drug-likeness (QED) is 0.453. The van der Waals surface area contributed by atoms with Crippen molar-refractivity contribution in [1.29, 1.82) is 0 Å². The molecule has 0 aromatic carbocycles. The van der Waals surface area contributed by atoms with Crippen LogP contribution >= 0.6 is 0 Å². The summed E-state index contributed by atoms with van der Waals surface area (Å²) in [5, 5.41) is 23.3. The molecule has 4 rings (SSSR count). The predicted molar refractivity (Wildman–Crippen MR) is 115 cm³/mol. The van der Waals surface area contributed by atoms with Crippen LogP contribution in [0.1, 0.15) is 44.1 Å². The van der Waals surface area contributed by atoms with Gasteiger partial charge in [-0.25, -0.2) is 8.78 Å². The largest absolute Gasteiger partial charge is 0.390 e. The van der Waals surface area contributed by atoms with Crippen molar-refractivity contribution in [3.8, 4) is 0 Å². The Labute approximate surface area is 183 Å². The van der Waals surface area contributed by atoms with Crippen LogP contribution in [0.25, 0.3) is 0 Å². The van der Waals surface area contributed by atoms with E-state index in [0.29, 0.717) is 37.7 Å². The van der Waals surface area contributed by atoms with Crippen molar-refractivity contribution in [1.82, 2.24) is 30.1 Å². The molecular formula is C20H25F2N9O. The highest BCUT2D eigenvalue weighted by molar-refractivity contribution is 5.52. The average molecular weight is 445 g/mol. The fourth-order valence-corrected chi connectivity index (χ4v) is 3.42. The van der Waals surface area contributed by atoms with E-state index in [2.05, 4.69) is 40.8 Å². The highest BCUT2D eigenvalue weighted by Crippen LogP contribution is 2.26. The molecule has 0 radical (unpaired) electrons. The molecule has 0 bridgehead atoms. The number of aromatic nitrogens is 6. The van der Waals surface area contributed by atoms with E-state index in [1.54, 1.807) is 13.0 Å². The molecule has 3 aromatic rings. The Hall–Kier alpha value is -3.41. The maximum Gasteiger partial charge on any atom is 0.235 e. The second kappa shape index (κ2) is 8.61. The molecule has 4 N–H and O–H groups in total. The zero-order valence-corrected chi connectivity index (χ0v) is 18.0. The Kier molecular flexibility index (Phi) is 5.87. The Morgan fingerprint density at radius 3 is 2.53 bits per heavy atom. The fraction of sp³-hybridized carbons (Fsp3) is 0.450. The zero-order chi connectivity index (χ0) is 22.9. The van der Waals surface area contributed by atoms with Gasteiger partial charge in [-0.1, -0.05) is 0 Å². The number of piperidine rings is 1. The Morgan fingerprint density at radius 1 is 1.16 bits per heavy atom. The number of hydrogen-bond acceptors (Lipinski definition) is 9. The number of aliphatic hydroxyl groups is 1. The monoisotopic (exact) mass is 445 g/mol. The van der Waals surface area contributed by atoms with E-state index in [-0.39, 0.29) is 17.6 Å². The van der Waals surface area contributed by atoms with Crippen LogP contribution < -0.4 is 15.5 Å². The minimum absolute atomic E-state index is 0.0415. The van der Waals surface area contributed by atoms with Crippen molar-refractivity contribution >= 4 is 23.7 Å². The number of nitrogens with one attached hydrogen (secondary N) is 3. The zero-order valence-electron chi connectivity index (χ0n) is 18.0. The Bertz CT molecular complexity index is 1090. The van der Waals surface area contributed by atoms with Gasteiger partial charge in [0, 0.05) is 30.9 Å². The summed E-state index contributed by atoms with van der Waals surface area (Å²) in [5.74, 6) is -0.120. The summed E-state index contributed by atoms with van der Waals surface area (Å²) in [7, 11) is 0. The van der Waals surface area contributed by atoms with Crippen molar-refractivity contribution in [3.63, 3.8) is 0 Å². The molecule has 1 atom stereocenters. The van der Waals surface area contributed by atoms with Crippen molar-refractivity contribution in [2.75, 3.05) is 28.6 Å². The number of hydrogen-bond donors (Lipinski definition) is 4. The van der Waals surface area contributed by atoms with Crippen LogP contribution in [-0.4, -0.2) is 53.9 Å². The van der Waals surface area contributed by atoms with Crippen LogP contribution in [0, 0.1) is 18.6 Å². The molecule has 0 saturated carbocycles. The van der Waals surface area contributed by atoms with Crippen LogP contribution in [0.4, 0.5) is 32.4 Å². The van der Waals surface area contributed by atoms with Crippen molar-refractivity contribution in [2.45, 2.75) is 45.3 Å². The summed E-state index contributed by atoms with van der Waals surface area (Å²) < 4.78 is 27.4. The summed E-state index contributed by atoms with van der Waals surface area (Å²) in [5.41, 5.74) is 0.183. The Morgan fingerprint density at radius 2 is 1.88 bits per heavy atom. The summed E-state index contributed by atoms with van der Waals surface area (Å²) in [6.45, 7) is 6.50. The first kappa shape index (κ1) is 21.8. The third-order valence-electron chi connectivity index (χ3n) is 5.28. The van der Waals surface area contributed by atoms with E-state index in [0.717, 1.165) is 18.0 Å². The van der Waals surface area contributed by atoms with Crippen molar-refractivity contribution in [3.05, 3.63) is 41.4 Å². The van der Waals surface area contributed by atoms with Gasteiger partial charge in [0.2, 0.25) is 17.8 Å². The molecule has 1 aliphatic rings. The molecule has 4 heterocycles. The molecule has 1 aliphatic heterocycles. The van der Waals surface area contributed by atoms with Gasteiger partial charge >= 0.3 is 0 Å². The molecule has 1 unspecified atom stereocenters. The molecular weight excluding hydrogens is 420 g/mol. The summed E-state index contributed by atoms with van der Waals surface area (Å²) in [6, 6.07) is 1.95. The number of aromatic amines is 1. The minimum Gasteiger partial charge on any atom is -0.390 e. The van der Waals surface area contributed by atoms with Crippen molar-refractivity contribution < 1.29 is 13.9 Å². The smallest absolute Gasteiger partial charge is 0.235 e. The van der Waals surface area contributed by atoms with Gasteiger partial charge in [0.1, 0.15) is 11.6 Å². The van der Waals surface area contributed by atoms with E-state index in [9.17, 15) is 13.9 Å². The molecule has 12 heteroatoms. The average Bonchev–Trinajstić information content (AvgIpc) is 3.12. The van der Waals surface area contributed by atoms with Gasteiger partial charge in [-0.15, -0.1) is 0 Å². The fourth-order valence-electron chi connectivity index (χ4n) is 3.42. The lowest BCUT2D eigenvalue weighted by Gasteiger charge is -2.35. The first-order valence-electron chi connectivity index (χ1n) is 10.3. The van der Waals surface area contributed by atoms with Gasteiger partial charge in [-0.05, 0) is 33.6 Å². The van der Waals surface area contributed by atoms with Crippen molar-refractivity contribution in [2.24, 2.45) is 0 Å². The summed E-state index contributed by atoms with van der Waals surface area (Å²) >= 11 is 0. The lowest BCUT2D eigenvalue weighted by atomic mass is 9.94. The maximum atomic E-state index is 14.2. The van der Waals surface area contributed by atoms with E-state index >= 15 is 0 Å². The lowest BCUT2D eigenvalue weighted by Crippen LogP contribution is -2.43. The van der Waals surface area contributed by atoms with Crippen LogP contribution in [0.5, 0.6) is 0 Å². The second-order valence-corrected chi connectivity index (χ2v) is 8.21. The third kappa shape index (κ3) is 5.07. The van der Waals surface area contributed by atoms with Gasteiger partial charge in [0.25, 0.3) is 0 Å². The number of nitrogens with zero attached hydrogens (tertiary/aromatic N) is 6. The van der Waals surface area contributed by atoms with Gasteiger partial charge in [0.15, 0.2) is 5.82 Å². The first-order chi connectivity index (χ1) is 15.2. The number of halogens is 2. The van der Waals surface area contributed by atoms with Gasteiger partial charge in [0.05, 0.1) is 23.5 Å². The highest BCUT2D eigenvalue weighted by Gasteiger charge is 2.29. The molecule has 1 fully saturated rings. The van der Waals surface area contributed by atoms with Gasteiger partial charge < -0.3 is 20.6 Å². The Balaban J connectivity index is 1.61. The van der Waals surface area contributed by atoms with E-state index < -0.39 is 23.3 Å². The molecule has 10 nitrogen and oxygen atoms in total. The molecule has 0 spiro atoms. The maximum absolute atomic E-state index is 14.2. The summed E-state index contributed by atoms with van der Waals surface area (Å²) in [4.78, 5) is 19.1. The van der Waals surface area contributed by atoms with Gasteiger partial charge in [-0.2, -0.15) is 20.1 Å². The van der Waals surface area contributed by atoms with E-state index in [1.165, 1.54) is 0 Å². The molecule has 170 valence electrons. The van der Waals surface area contributed by atoms with Crippen LogP contribution in [0.3, 0.4) is 0 Å². The van der Waals surface area contributed by atoms with E-state index in [4.69, 9.17) is 0 Å². The van der Waals surface area contributed by atoms with Crippen LogP contribution in [-0.2, 0) is 0 Å². The third-order valence-corrected chi connectivity index (χ3v) is 5.28. The number of rotatable bonds is 6. The molecule has 0 aliphatic carbocycles. The SMILES string of the molecule is Cc1cc(Nc2nc(NC(C)c3ncc(F)cc3F)nc(N3CCC(C)(O)CC3)n2)n[nH]1. The number of anilines is 4. The lowest BCUT2D eigenvalue weighted by molar-refractivity contribution is 0.0349. The second-order valence-electron chi connectivity index (χ2n) is 8.21. The van der Waals surface area contributed by atoms with Gasteiger partial charge in [-0.3, -0.25) is 10.1 Å². The number of H-pyrrole nitrogens is 1. The molecule has 0 amide bonds. The van der Waals surface area contributed by atoms with Crippen LogP contribution in [0.15, 0.2) is 18.3 Å². The number of aryl methyl sites for hydroxylation is 1. The normalized spacial score (nSPS) is 16.6. The molecule has 32 heavy (non-hydrogen) atoms. The minimum atomic E-state index is -0.761.